The molecule has 10 heteroatoms. The van der Waals surface area contributed by atoms with E-state index < -0.39 is 15.9 Å². The molecule has 4 aromatic rings. The van der Waals surface area contributed by atoms with Crippen molar-refractivity contribution < 1.29 is 17.9 Å². The lowest BCUT2D eigenvalue weighted by Gasteiger charge is -2.19. The fourth-order valence-corrected chi connectivity index (χ4v) is 4.84. The van der Waals surface area contributed by atoms with Crippen LogP contribution in [0.3, 0.4) is 0 Å². The van der Waals surface area contributed by atoms with Crippen LogP contribution in [0.4, 0.5) is 5.95 Å². The molecular formula is C28H27ClN4O4S. The Morgan fingerprint density at radius 2 is 1.66 bits per heavy atom. The molecule has 0 bridgehead atoms. The smallest absolute Gasteiger partial charge is 0.268 e. The van der Waals surface area contributed by atoms with Gasteiger partial charge < -0.3 is 9.64 Å². The first-order valence-corrected chi connectivity index (χ1v) is 13.7. The number of halogens is 1. The van der Waals surface area contributed by atoms with Gasteiger partial charge in [0.1, 0.15) is 5.75 Å². The zero-order valence-corrected chi connectivity index (χ0v) is 22.5. The van der Waals surface area contributed by atoms with E-state index in [1.807, 2.05) is 54.4 Å². The molecule has 1 heterocycles. The number of aromatic nitrogens is 2. The first-order chi connectivity index (χ1) is 18.2. The Balaban J connectivity index is 1.61. The largest absolute Gasteiger partial charge is 0.497 e. The molecule has 196 valence electrons. The fraction of sp³-hybridized carbons (Fsp3) is 0.179. The summed E-state index contributed by atoms with van der Waals surface area (Å²) in [5.74, 6) is 0.313. The molecule has 4 rings (SSSR count). The summed E-state index contributed by atoms with van der Waals surface area (Å²) in [4.78, 5) is 24.0. The van der Waals surface area contributed by atoms with Gasteiger partial charge in [0.15, 0.2) is 0 Å². The number of benzene rings is 3. The highest BCUT2D eigenvalue weighted by molar-refractivity contribution is 7.90. The molecule has 0 saturated heterocycles. The molecule has 1 aromatic heterocycles. The van der Waals surface area contributed by atoms with Crippen molar-refractivity contribution in [3.05, 3.63) is 112 Å². The van der Waals surface area contributed by atoms with Gasteiger partial charge in [0.25, 0.3) is 15.9 Å². The van der Waals surface area contributed by atoms with Crippen LogP contribution in [-0.2, 0) is 22.9 Å². The van der Waals surface area contributed by atoms with Crippen molar-refractivity contribution in [1.29, 1.82) is 0 Å². The van der Waals surface area contributed by atoms with Gasteiger partial charge in [-0.3, -0.25) is 4.79 Å². The molecule has 0 aliphatic heterocycles. The third kappa shape index (κ3) is 6.87. The van der Waals surface area contributed by atoms with Crippen molar-refractivity contribution in [2.24, 2.45) is 0 Å². The Hall–Kier alpha value is -3.95. The minimum Gasteiger partial charge on any atom is -0.497 e. The predicted octanol–water partition coefficient (Wildman–Crippen LogP) is 4.53. The number of hydrogen-bond acceptors (Lipinski definition) is 7. The quantitative estimate of drug-likeness (QED) is 0.309. The molecule has 1 N–H and O–H groups in total. The monoisotopic (exact) mass is 550 g/mol. The number of nitrogens with zero attached hydrogens (tertiary/aromatic N) is 3. The van der Waals surface area contributed by atoms with Crippen LogP contribution in [0.1, 0.15) is 27.2 Å². The highest BCUT2D eigenvalue weighted by Crippen LogP contribution is 2.20. The normalized spacial score (nSPS) is 11.1. The molecule has 0 aliphatic carbocycles. The number of rotatable bonds is 10. The van der Waals surface area contributed by atoms with E-state index in [0.717, 1.165) is 12.0 Å². The molecule has 3 aromatic carbocycles. The summed E-state index contributed by atoms with van der Waals surface area (Å²) in [6, 6.07) is 23.0. The van der Waals surface area contributed by atoms with Gasteiger partial charge >= 0.3 is 0 Å². The lowest BCUT2D eigenvalue weighted by molar-refractivity contribution is 0.0980. The zero-order valence-electron chi connectivity index (χ0n) is 21.0. The van der Waals surface area contributed by atoms with Crippen LogP contribution in [0.2, 0.25) is 5.02 Å². The number of methoxy groups -OCH3 is 1. The number of amides is 1. The lowest BCUT2D eigenvalue weighted by Crippen LogP contribution is -2.32. The van der Waals surface area contributed by atoms with E-state index in [9.17, 15) is 13.2 Å². The molecule has 0 aliphatic rings. The SMILES string of the molecule is COc1ccc(Cc2nc(N(C)CCc3ccccc3)ncc2C(=O)NS(=O)(=O)c2ccc(Cl)cc2)cc1. The molecular weight excluding hydrogens is 524 g/mol. The predicted molar refractivity (Wildman–Crippen MR) is 147 cm³/mol. The summed E-state index contributed by atoms with van der Waals surface area (Å²) in [7, 11) is -0.670. The molecule has 0 fully saturated rings. The van der Waals surface area contributed by atoms with E-state index in [-0.39, 0.29) is 16.9 Å². The van der Waals surface area contributed by atoms with Crippen LogP contribution < -0.4 is 14.4 Å². The topological polar surface area (TPSA) is 101 Å². The Kier molecular flexibility index (Phi) is 8.60. The molecule has 0 saturated carbocycles. The number of sulfonamides is 1. The van der Waals surface area contributed by atoms with Gasteiger partial charge in [0.05, 0.1) is 23.3 Å². The molecule has 8 nitrogen and oxygen atoms in total. The van der Waals surface area contributed by atoms with Crippen molar-refractivity contribution in [2.45, 2.75) is 17.7 Å². The molecule has 0 atom stereocenters. The van der Waals surface area contributed by atoms with Gasteiger partial charge in [-0.25, -0.2) is 23.1 Å². The second kappa shape index (κ2) is 12.1. The summed E-state index contributed by atoms with van der Waals surface area (Å²) in [6.45, 7) is 0.655. The number of likely N-dealkylation sites (N-methyl/N-ethyl adjacent to an activating group) is 1. The highest BCUT2D eigenvalue weighted by Gasteiger charge is 2.23. The highest BCUT2D eigenvalue weighted by atomic mass is 35.5. The number of anilines is 1. The van der Waals surface area contributed by atoms with Crippen molar-refractivity contribution >= 4 is 33.5 Å². The third-order valence-electron chi connectivity index (χ3n) is 5.90. The van der Waals surface area contributed by atoms with E-state index in [0.29, 0.717) is 29.0 Å². The third-order valence-corrected chi connectivity index (χ3v) is 7.50. The number of nitrogens with one attached hydrogen (secondary N) is 1. The maximum Gasteiger partial charge on any atom is 0.268 e. The standard InChI is InChI=1S/C28H27ClN4O4S/c1-33(17-16-20-6-4-3-5-7-20)28-30-19-25(26(31-28)18-21-8-12-23(37-2)13-9-21)27(34)32-38(35,36)24-14-10-22(29)11-15-24/h3-15,19H,16-18H2,1-2H3,(H,32,34). The van der Waals surface area contributed by atoms with E-state index in [4.69, 9.17) is 16.3 Å². The first-order valence-electron chi connectivity index (χ1n) is 11.8. The average Bonchev–Trinajstić information content (AvgIpc) is 2.92. The lowest BCUT2D eigenvalue weighted by atomic mass is 10.1. The Morgan fingerprint density at radius 3 is 2.32 bits per heavy atom. The van der Waals surface area contributed by atoms with Gasteiger partial charge in [0, 0.05) is 31.2 Å². The Bertz CT molecular complexity index is 1500. The number of hydrogen-bond donors (Lipinski definition) is 1. The van der Waals surface area contributed by atoms with Crippen LogP contribution in [0.15, 0.2) is 90.0 Å². The van der Waals surface area contributed by atoms with E-state index in [2.05, 4.69) is 26.8 Å². The van der Waals surface area contributed by atoms with Crippen LogP contribution in [0.25, 0.3) is 0 Å². The van der Waals surface area contributed by atoms with Crippen LogP contribution in [0.5, 0.6) is 5.75 Å². The van der Waals surface area contributed by atoms with E-state index in [1.165, 1.54) is 36.0 Å². The minimum atomic E-state index is -4.13. The average molecular weight is 551 g/mol. The van der Waals surface area contributed by atoms with Crippen LogP contribution >= 0.6 is 11.6 Å². The molecule has 38 heavy (non-hydrogen) atoms. The number of carbonyl (C=O) groups is 1. The maximum absolute atomic E-state index is 13.2. The Morgan fingerprint density at radius 1 is 0.974 bits per heavy atom. The second-order valence-corrected chi connectivity index (χ2v) is 10.7. The van der Waals surface area contributed by atoms with Crippen molar-refractivity contribution in [3.63, 3.8) is 0 Å². The van der Waals surface area contributed by atoms with Gasteiger partial charge in [-0.2, -0.15) is 0 Å². The van der Waals surface area contributed by atoms with E-state index >= 15 is 0 Å². The number of ether oxygens (including phenoxy) is 1. The molecule has 0 radical (unpaired) electrons. The van der Waals surface area contributed by atoms with Gasteiger partial charge in [-0.15, -0.1) is 0 Å². The molecule has 0 unspecified atom stereocenters. The summed E-state index contributed by atoms with van der Waals surface area (Å²) in [5, 5.41) is 0.387. The summed E-state index contributed by atoms with van der Waals surface area (Å²) in [6.07, 6.45) is 2.44. The van der Waals surface area contributed by atoms with Gasteiger partial charge in [-0.1, -0.05) is 54.1 Å². The van der Waals surface area contributed by atoms with Crippen molar-refractivity contribution in [3.8, 4) is 5.75 Å². The van der Waals surface area contributed by atoms with Crippen LogP contribution in [0, 0.1) is 0 Å². The summed E-state index contributed by atoms with van der Waals surface area (Å²) in [5.41, 5.74) is 2.52. The number of carbonyl (C=O) groups excluding carboxylic acids is 1. The first kappa shape index (κ1) is 27.1. The van der Waals surface area contributed by atoms with Crippen molar-refractivity contribution in [2.75, 3.05) is 25.6 Å². The zero-order chi connectivity index (χ0) is 27.1. The van der Waals surface area contributed by atoms with Gasteiger partial charge in [0.2, 0.25) is 5.95 Å². The molecule has 1 amide bonds. The van der Waals surface area contributed by atoms with E-state index in [1.54, 1.807) is 7.11 Å². The molecule has 0 spiro atoms. The maximum atomic E-state index is 13.2. The van der Waals surface area contributed by atoms with Crippen LogP contribution in [-0.4, -0.2) is 45.0 Å². The minimum absolute atomic E-state index is 0.0681. The summed E-state index contributed by atoms with van der Waals surface area (Å²) < 4.78 is 33.0. The van der Waals surface area contributed by atoms with Crippen molar-refractivity contribution in [1.82, 2.24) is 14.7 Å². The Labute approximate surface area is 227 Å². The fourth-order valence-electron chi connectivity index (χ4n) is 3.74. The van der Waals surface area contributed by atoms with Gasteiger partial charge in [-0.05, 0) is 53.9 Å². The second-order valence-electron chi connectivity index (χ2n) is 8.60. The summed E-state index contributed by atoms with van der Waals surface area (Å²) >= 11 is 5.87.